The van der Waals surface area contributed by atoms with E-state index < -0.39 is 0 Å². The van der Waals surface area contributed by atoms with E-state index >= 15 is 0 Å². The third-order valence-electron chi connectivity index (χ3n) is 2.64. The van der Waals surface area contributed by atoms with Gasteiger partial charge in [-0.15, -0.1) is 0 Å². The Labute approximate surface area is 101 Å². The molecule has 0 heterocycles. The fourth-order valence-corrected chi connectivity index (χ4v) is 1.64. The van der Waals surface area contributed by atoms with E-state index in [2.05, 4.69) is 5.32 Å². The van der Waals surface area contributed by atoms with Crippen LogP contribution in [0.3, 0.4) is 0 Å². The van der Waals surface area contributed by atoms with Crippen LogP contribution in [-0.4, -0.2) is 18.0 Å². The zero-order valence-electron chi connectivity index (χ0n) is 10.3. The van der Waals surface area contributed by atoms with Crippen molar-refractivity contribution in [1.82, 2.24) is 5.32 Å². The van der Waals surface area contributed by atoms with Crippen LogP contribution in [0.5, 0.6) is 0 Å². The van der Waals surface area contributed by atoms with Crippen molar-refractivity contribution in [1.29, 1.82) is 0 Å². The Morgan fingerprint density at radius 2 is 2.06 bits per heavy atom. The lowest BCUT2D eigenvalue weighted by atomic mass is 9.95. The van der Waals surface area contributed by atoms with E-state index in [1.807, 2.05) is 19.9 Å². The van der Waals surface area contributed by atoms with Gasteiger partial charge in [-0.1, -0.05) is 18.2 Å². The molecule has 4 heteroatoms. The van der Waals surface area contributed by atoms with Crippen LogP contribution < -0.4 is 11.1 Å². The van der Waals surface area contributed by atoms with E-state index in [-0.39, 0.29) is 23.8 Å². The van der Waals surface area contributed by atoms with Gasteiger partial charge in [0.05, 0.1) is 6.54 Å². The summed E-state index contributed by atoms with van der Waals surface area (Å²) in [4.78, 5) is 11.2. The number of aryl methyl sites for hydroxylation is 1. The minimum absolute atomic E-state index is 0.0247. The van der Waals surface area contributed by atoms with Crippen molar-refractivity contribution >= 4 is 5.91 Å². The fourth-order valence-electron chi connectivity index (χ4n) is 1.64. The van der Waals surface area contributed by atoms with Crippen LogP contribution in [0.1, 0.15) is 25.8 Å². The maximum Gasteiger partial charge on any atom is 0.234 e. The van der Waals surface area contributed by atoms with E-state index in [0.29, 0.717) is 18.4 Å². The largest absolute Gasteiger partial charge is 0.350 e. The second kappa shape index (κ2) is 5.77. The predicted octanol–water partition coefficient (Wildman–Crippen LogP) is 1.61. The highest BCUT2D eigenvalue weighted by molar-refractivity contribution is 5.78. The lowest BCUT2D eigenvalue weighted by Gasteiger charge is -2.26. The molecule has 3 nitrogen and oxygen atoms in total. The van der Waals surface area contributed by atoms with Crippen molar-refractivity contribution in [3.05, 3.63) is 35.6 Å². The molecule has 0 spiro atoms. The maximum absolute atomic E-state index is 13.4. The second-order valence-electron chi connectivity index (χ2n) is 4.73. The summed E-state index contributed by atoms with van der Waals surface area (Å²) in [6.07, 6.45) is 1.25. The molecular formula is C13H19FN2O. The summed E-state index contributed by atoms with van der Waals surface area (Å²) in [7, 11) is 0. The Bertz CT molecular complexity index is 391. The van der Waals surface area contributed by atoms with Gasteiger partial charge in [0.15, 0.2) is 0 Å². The standard InChI is InChI=1S/C13H19FN2O/c1-13(2,16-12(17)9-15)8-7-10-5-3-4-6-11(10)14/h3-6H,7-9,15H2,1-2H3,(H,16,17). The average Bonchev–Trinajstić information content (AvgIpc) is 2.27. The number of hydrogen-bond donors (Lipinski definition) is 2. The van der Waals surface area contributed by atoms with E-state index in [4.69, 9.17) is 5.73 Å². The first-order valence-corrected chi connectivity index (χ1v) is 5.69. The van der Waals surface area contributed by atoms with E-state index in [0.717, 1.165) is 0 Å². The van der Waals surface area contributed by atoms with E-state index in [9.17, 15) is 9.18 Å². The minimum Gasteiger partial charge on any atom is -0.350 e. The van der Waals surface area contributed by atoms with Crippen LogP contribution in [0, 0.1) is 5.82 Å². The SMILES string of the molecule is CC(C)(CCc1ccccc1F)NC(=O)CN. The van der Waals surface area contributed by atoms with Gasteiger partial charge in [0.25, 0.3) is 0 Å². The maximum atomic E-state index is 13.4. The van der Waals surface area contributed by atoms with Crippen LogP contribution >= 0.6 is 0 Å². The van der Waals surface area contributed by atoms with E-state index in [1.165, 1.54) is 6.07 Å². The van der Waals surface area contributed by atoms with Crippen molar-refractivity contribution in [2.24, 2.45) is 5.73 Å². The number of amides is 1. The summed E-state index contributed by atoms with van der Waals surface area (Å²) in [5.74, 6) is -0.392. The molecule has 0 saturated heterocycles. The first-order chi connectivity index (χ1) is 7.94. The molecule has 17 heavy (non-hydrogen) atoms. The molecule has 0 bridgehead atoms. The van der Waals surface area contributed by atoms with Crippen molar-refractivity contribution < 1.29 is 9.18 Å². The molecule has 0 fully saturated rings. The van der Waals surface area contributed by atoms with Crippen molar-refractivity contribution in [2.75, 3.05) is 6.54 Å². The molecule has 0 atom stereocenters. The fraction of sp³-hybridized carbons (Fsp3) is 0.462. The monoisotopic (exact) mass is 238 g/mol. The lowest BCUT2D eigenvalue weighted by molar-refractivity contribution is -0.121. The normalized spacial score (nSPS) is 11.3. The Morgan fingerprint density at radius 1 is 1.41 bits per heavy atom. The number of rotatable bonds is 5. The number of carbonyl (C=O) groups is 1. The molecule has 94 valence electrons. The van der Waals surface area contributed by atoms with Crippen LogP contribution in [0.2, 0.25) is 0 Å². The number of nitrogens with two attached hydrogens (primary N) is 1. The Hall–Kier alpha value is -1.42. The summed E-state index contributed by atoms with van der Waals surface area (Å²) in [6, 6.07) is 6.68. The average molecular weight is 238 g/mol. The van der Waals surface area contributed by atoms with Crippen molar-refractivity contribution in [2.45, 2.75) is 32.2 Å². The van der Waals surface area contributed by atoms with Gasteiger partial charge in [-0.3, -0.25) is 4.79 Å². The van der Waals surface area contributed by atoms with Crippen LogP contribution in [0.25, 0.3) is 0 Å². The van der Waals surface area contributed by atoms with E-state index in [1.54, 1.807) is 12.1 Å². The molecule has 1 aromatic rings. The van der Waals surface area contributed by atoms with Gasteiger partial charge in [0, 0.05) is 5.54 Å². The number of benzene rings is 1. The van der Waals surface area contributed by atoms with Gasteiger partial charge in [0.2, 0.25) is 5.91 Å². The predicted molar refractivity (Wildman–Crippen MR) is 66.0 cm³/mol. The van der Waals surface area contributed by atoms with Gasteiger partial charge >= 0.3 is 0 Å². The highest BCUT2D eigenvalue weighted by Gasteiger charge is 2.19. The van der Waals surface area contributed by atoms with Crippen LogP contribution in [0.4, 0.5) is 4.39 Å². The third-order valence-corrected chi connectivity index (χ3v) is 2.64. The molecule has 0 aliphatic carbocycles. The summed E-state index contributed by atoms with van der Waals surface area (Å²) in [5.41, 5.74) is 5.53. The van der Waals surface area contributed by atoms with Gasteiger partial charge < -0.3 is 11.1 Å². The first kappa shape index (κ1) is 13.6. The summed E-state index contributed by atoms with van der Waals surface area (Å²) < 4.78 is 13.4. The molecule has 0 aliphatic rings. The molecule has 0 saturated carbocycles. The second-order valence-corrected chi connectivity index (χ2v) is 4.73. The quantitative estimate of drug-likeness (QED) is 0.819. The topological polar surface area (TPSA) is 55.1 Å². The van der Waals surface area contributed by atoms with Gasteiger partial charge in [-0.25, -0.2) is 4.39 Å². The van der Waals surface area contributed by atoms with Gasteiger partial charge in [-0.05, 0) is 38.3 Å². The first-order valence-electron chi connectivity index (χ1n) is 5.69. The number of halogens is 1. The van der Waals surface area contributed by atoms with Gasteiger partial charge in [-0.2, -0.15) is 0 Å². The number of hydrogen-bond acceptors (Lipinski definition) is 2. The summed E-state index contributed by atoms with van der Waals surface area (Å²) >= 11 is 0. The molecule has 0 aromatic heterocycles. The minimum atomic E-state index is -0.376. The molecule has 0 unspecified atom stereocenters. The summed E-state index contributed by atoms with van der Waals surface area (Å²) in [6.45, 7) is 3.78. The molecule has 1 aromatic carbocycles. The molecule has 1 rings (SSSR count). The zero-order valence-corrected chi connectivity index (χ0v) is 10.3. The highest BCUT2D eigenvalue weighted by atomic mass is 19.1. The lowest BCUT2D eigenvalue weighted by Crippen LogP contribution is -2.46. The van der Waals surface area contributed by atoms with Gasteiger partial charge in [0.1, 0.15) is 5.82 Å². The molecule has 1 amide bonds. The molecule has 0 radical (unpaired) electrons. The molecule has 0 aliphatic heterocycles. The zero-order chi connectivity index (χ0) is 12.9. The highest BCUT2D eigenvalue weighted by Crippen LogP contribution is 2.15. The molecular weight excluding hydrogens is 219 g/mol. The third kappa shape index (κ3) is 4.53. The number of carbonyl (C=O) groups excluding carboxylic acids is 1. The number of nitrogens with one attached hydrogen (secondary N) is 1. The Morgan fingerprint density at radius 3 is 2.65 bits per heavy atom. The summed E-state index contributed by atoms with van der Waals surface area (Å²) in [5, 5.41) is 2.81. The molecule has 3 N–H and O–H groups in total. The van der Waals surface area contributed by atoms with Crippen molar-refractivity contribution in [3.8, 4) is 0 Å². The van der Waals surface area contributed by atoms with Crippen LogP contribution in [0.15, 0.2) is 24.3 Å². The smallest absolute Gasteiger partial charge is 0.234 e. The van der Waals surface area contributed by atoms with Crippen LogP contribution in [-0.2, 0) is 11.2 Å². The Balaban J connectivity index is 2.55. The Kier molecular flexibility index (Phi) is 4.63. The van der Waals surface area contributed by atoms with Crippen molar-refractivity contribution in [3.63, 3.8) is 0 Å².